The number of carbonyl (C=O) groups excluding carboxylic acids is 1. The Morgan fingerprint density at radius 3 is 2.84 bits per heavy atom. The quantitative estimate of drug-likeness (QED) is 0.634. The molecule has 0 aliphatic heterocycles. The third kappa shape index (κ3) is 4.18. The Kier molecular flexibility index (Phi) is 6.02. The van der Waals surface area contributed by atoms with Gasteiger partial charge in [0.15, 0.2) is 5.16 Å². The molecule has 1 aromatic carbocycles. The highest BCUT2D eigenvalue weighted by atomic mass is 35.5. The lowest BCUT2D eigenvalue weighted by molar-refractivity contribution is -0.118. The number of aromatic nitrogens is 2. The Morgan fingerprint density at radius 2 is 2.12 bits per heavy atom. The number of benzene rings is 1. The first kappa shape index (κ1) is 18.3. The van der Waals surface area contributed by atoms with Crippen molar-refractivity contribution in [2.75, 3.05) is 12.3 Å². The Morgan fingerprint density at radius 1 is 1.36 bits per heavy atom. The van der Waals surface area contributed by atoms with E-state index in [-0.39, 0.29) is 23.3 Å². The molecule has 3 rings (SSSR count). The maximum atomic E-state index is 13.1. The smallest absolute Gasteiger partial charge is 0.262 e. The number of amides is 1. The number of hydrogen-bond donors (Lipinski definition) is 1. The number of thioether (sulfide) groups is 1. The van der Waals surface area contributed by atoms with E-state index in [0.717, 1.165) is 25.7 Å². The molecular formula is C18H22ClN3O2S. The van der Waals surface area contributed by atoms with Crippen molar-refractivity contribution in [1.82, 2.24) is 14.9 Å². The molecule has 1 amide bonds. The topological polar surface area (TPSA) is 64.0 Å². The van der Waals surface area contributed by atoms with Crippen molar-refractivity contribution in [1.29, 1.82) is 0 Å². The molecule has 0 bridgehead atoms. The molecule has 0 spiro atoms. The van der Waals surface area contributed by atoms with Crippen LogP contribution in [0, 0.1) is 0 Å². The summed E-state index contributed by atoms with van der Waals surface area (Å²) < 4.78 is 1.80. The fourth-order valence-corrected chi connectivity index (χ4v) is 4.36. The van der Waals surface area contributed by atoms with Crippen LogP contribution >= 0.6 is 23.4 Å². The predicted octanol–water partition coefficient (Wildman–Crippen LogP) is 3.78. The van der Waals surface area contributed by atoms with E-state index in [1.54, 1.807) is 22.8 Å². The molecule has 5 nitrogen and oxygen atoms in total. The van der Waals surface area contributed by atoms with Gasteiger partial charge in [0.1, 0.15) is 0 Å². The third-order valence-corrected chi connectivity index (χ3v) is 5.67. The van der Waals surface area contributed by atoms with Crippen molar-refractivity contribution in [3.05, 3.63) is 33.6 Å². The first-order valence-corrected chi connectivity index (χ1v) is 10.1. The largest absolute Gasteiger partial charge is 0.356 e. The first-order valence-electron chi connectivity index (χ1n) is 8.71. The van der Waals surface area contributed by atoms with Crippen LogP contribution in [0.2, 0.25) is 5.02 Å². The molecule has 1 aromatic heterocycles. The molecule has 2 aromatic rings. The van der Waals surface area contributed by atoms with E-state index in [4.69, 9.17) is 11.6 Å². The van der Waals surface area contributed by atoms with Crippen LogP contribution in [-0.2, 0) is 4.79 Å². The van der Waals surface area contributed by atoms with Crippen LogP contribution < -0.4 is 10.9 Å². The number of hydrogen-bond acceptors (Lipinski definition) is 4. The second kappa shape index (κ2) is 8.23. The van der Waals surface area contributed by atoms with Gasteiger partial charge in [0.25, 0.3) is 5.56 Å². The van der Waals surface area contributed by atoms with E-state index in [1.165, 1.54) is 18.2 Å². The van der Waals surface area contributed by atoms with Crippen molar-refractivity contribution in [2.45, 2.75) is 50.2 Å². The lowest BCUT2D eigenvalue weighted by Gasteiger charge is -2.26. The molecule has 7 heteroatoms. The van der Waals surface area contributed by atoms with Gasteiger partial charge in [0.2, 0.25) is 5.91 Å². The Labute approximate surface area is 156 Å². The predicted molar refractivity (Wildman–Crippen MR) is 103 cm³/mol. The summed E-state index contributed by atoms with van der Waals surface area (Å²) in [4.78, 5) is 29.6. The van der Waals surface area contributed by atoms with Crippen LogP contribution in [0.15, 0.2) is 28.2 Å². The van der Waals surface area contributed by atoms with Crippen LogP contribution in [0.4, 0.5) is 0 Å². The van der Waals surface area contributed by atoms with Gasteiger partial charge in [-0.15, -0.1) is 0 Å². The van der Waals surface area contributed by atoms with Crippen LogP contribution in [0.3, 0.4) is 0 Å². The number of carbonyl (C=O) groups is 1. The molecule has 1 heterocycles. The van der Waals surface area contributed by atoms with Crippen LogP contribution in [0.25, 0.3) is 10.9 Å². The number of fused-ring (bicyclic) bond motifs is 1. The molecule has 0 unspecified atom stereocenters. The van der Waals surface area contributed by atoms with E-state index < -0.39 is 0 Å². The molecule has 1 saturated carbocycles. The number of nitrogens with one attached hydrogen (secondary N) is 1. The van der Waals surface area contributed by atoms with Crippen LogP contribution in [0.5, 0.6) is 0 Å². The zero-order valence-corrected chi connectivity index (χ0v) is 15.8. The minimum Gasteiger partial charge on any atom is -0.356 e. The molecule has 25 heavy (non-hydrogen) atoms. The summed E-state index contributed by atoms with van der Waals surface area (Å²) in [5.74, 6) is 0.196. The highest BCUT2D eigenvalue weighted by Gasteiger charge is 2.22. The van der Waals surface area contributed by atoms with Crippen molar-refractivity contribution in [3.63, 3.8) is 0 Å². The van der Waals surface area contributed by atoms with Gasteiger partial charge < -0.3 is 5.32 Å². The highest BCUT2D eigenvalue weighted by molar-refractivity contribution is 7.99. The van der Waals surface area contributed by atoms with Crippen LogP contribution in [-0.4, -0.2) is 27.8 Å². The van der Waals surface area contributed by atoms with E-state index in [2.05, 4.69) is 10.3 Å². The van der Waals surface area contributed by atoms with Gasteiger partial charge in [-0.1, -0.05) is 42.6 Å². The zero-order chi connectivity index (χ0) is 17.8. The number of rotatable bonds is 5. The van der Waals surface area contributed by atoms with Gasteiger partial charge >= 0.3 is 0 Å². The molecule has 0 atom stereocenters. The maximum Gasteiger partial charge on any atom is 0.262 e. The zero-order valence-electron chi connectivity index (χ0n) is 14.3. The van der Waals surface area contributed by atoms with Crippen molar-refractivity contribution in [2.24, 2.45) is 0 Å². The van der Waals surface area contributed by atoms with Gasteiger partial charge in [-0.05, 0) is 38.0 Å². The Hall–Kier alpha value is -1.53. The molecule has 1 aliphatic rings. The summed E-state index contributed by atoms with van der Waals surface area (Å²) in [6, 6.07) is 5.33. The van der Waals surface area contributed by atoms with E-state index in [0.29, 0.717) is 27.6 Å². The lowest BCUT2D eigenvalue weighted by atomic mass is 9.95. The van der Waals surface area contributed by atoms with Gasteiger partial charge in [-0.25, -0.2) is 4.98 Å². The second-order valence-electron chi connectivity index (χ2n) is 6.27. The summed E-state index contributed by atoms with van der Waals surface area (Å²) in [5.41, 5.74) is 0.551. The number of nitrogens with zero attached hydrogens (tertiary/aromatic N) is 2. The van der Waals surface area contributed by atoms with Crippen LogP contribution in [0.1, 0.15) is 45.1 Å². The molecule has 1 N–H and O–H groups in total. The third-order valence-electron chi connectivity index (χ3n) is 4.48. The molecule has 0 saturated heterocycles. The lowest BCUT2D eigenvalue weighted by Crippen LogP contribution is -2.30. The van der Waals surface area contributed by atoms with Gasteiger partial charge in [-0.3, -0.25) is 14.2 Å². The fourth-order valence-electron chi connectivity index (χ4n) is 3.29. The van der Waals surface area contributed by atoms with E-state index in [9.17, 15) is 9.59 Å². The average molecular weight is 380 g/mol. The van der Waals surface area contributed by atoms with E-state index >= 15 is 0 Å². The molecule has 0 radical (unpaired) electrons. The Bertz CT molecular complexity index is 831. The van der Waals surface area contributed by atoms with Gasteiger partial charge in [0, 0.05) is 17.6 Å². The maximum absolute atomic E-state index is 13.1. The molecule has 1 aliphatic carbocycles. The summed E-state index contributed by atoms with van der Waals surface area (Å²) in [6.07, 6.45) is 5.42. The SMILES string of the molecule is CCNC(=O)CSc1nc2cc(Cl)ccc2c(=O)n1C1CCCCC1. The summed E-state index contributed by atoms with van der Waals surface area (Å²) in [7, 11) is 0. The highest BCUT2D eigenvalue weighted by Crippen LogP contribution is 2.31. The Balaban J connectivity index is 2.03. The normalized spacial score (nSPS) is 15.4. The fraction of sp³-hybridized carbons (Fsp3) is 0.500. The average Bonchev–Trinajstić information content (AvgIpc) is 2.60. The molecule has 134 valence electrons. The summed E-state index contributed by atoms with van der Waals surface area (Å²) in [6.45, 7) is 2.48. The minimum absolute atomic E-state index is 0.0352. The first-order chi connectivity index (χ1) is 12.1. The standard InChI is InChI=1S/C18H22ClN3O2S/c1-2-20-16(23)11-25-18-21-15-10-12(19)8-9-14(15)17(24)22(18)13-6-4-3-5-7-13/h8-10,13H,2-7,11H2,1H3,(H,20,23). The molecular weight excluding hydrogens is 358 g/mol. The monoisotopic (exact) mass is 379 g/mol. The summed E-state index contributed by atoms with van der Waals surface area (Å²) in [5, 5.41) is 4.52. The molecule has 1 fully saturated rings. The van der Waals surface area contributed by atoms with Crippen molar-refractivity contribution < 1.29 is 4.79 Å². The van der Waals surface area contributed by atoms with Crippen molar-refractivity contribution in [3.8, 4) is 0 Å². The van der Waals surface area contributed by atoms with Crippen molar-refractivity contribution >= 4 is 40.2 Å². The van der Waals surface area contributed by atoms with Gasteiger partial charge in [0.05, 0.1) is 16.7 Å². The number of halogens is 1. The summed E-state index contributed by atoms with van der Waals surface area (Å²) >= 11 is 7.38. The second-order valence-corrected chi connectivity index (χ2v) is 7.64. The minimum atomic E-state index is -0.0527. The van der Waals surface area contributed by atoms with E-state index in [1.807, 2.05) is 6.92 Å². The van der Waals surface area contributed by atoms with Gasteiger partial charge in [-0.2, -0.15) is 0 Å².